The topological polar surface area (TPSA) is 44.8 Å². The molecule has 0 bridgehead atoms. The molecule has 3 fully saturated rings. The van der Waals surface area contributed by atoms with Gasteiger partial charge in [0, 0.05) is 11.2 Å². The van der Waals surface area contributed by atoms with E-state index in [1.54, 1.807) is 0 Å². The monoisotopic (exact) mass is 374 g/mol. The van der Waals surface area contributed by atoms with Crippen LogP contribution in [0.5, 0.6) is 0 Å². The lowest BCUT2D eigenvalue weighted by Gasteiger charge is -2.42. The van der Waals surface area contributed by atoms with E-state index in [2.05, 4.69) is 36.7 Å². The van der Waals surface area contributed by atoms with Crippen molar-refractivity contribution in [3.8, 4) is 0 Å². The summed E-state index contributed by atoms with van der Waals surface area (Å²) in [7, 11) is 0. The van der Waals surface area contributed by atoms with Gasteiger partial charge in [-0.2, -0.15) is 0 Å². The summed E-state index contributed by atoms with van der Waals surface area (Å²) in [6.07, 6.45) is 4.84. The van der Waals surface area contributed by atoms with Gasteiger partial charge in [0.2, 0.25) is 0 Å². The first kappa shape index (κ1) is 16.7. The van der Waals surface area contributed by atoms with E-state index < -0.39 is 5.60 Å². The lowest BCUT2D eigenvalue weighted by Crippen LogP contribution is -2.51. The van der Waals surface area contributed by atoms with Crippen molar-refractivity contribution in [3.63, 3.8) is 0 Å². The molecule has 0 amide bonds. The molecule has 4 nitrogen and oxygen atoms in total. The number of esters is 1. The minimum absolute atomic E-state index is 0.0289. The van der Waals surface area contributed by atoms with Gasteiger partial charge in [0.15, 0.2) is 0 Å². The first-order valence-corrected chi connectivity index (χ1v) is 9.28. The van der Waals surface area contributed by atoms with Crippen LogP contribution in [0.3, 0.4) is 0 Å². The Morgan fingerprint density at radius 2 is 1.59 bits per heavy atom. The molecule has 3 rings (SSSR count). The molecule has 3 aliphatic rings. The van der Waals surface area contributed by atoms with Gasteiger partial charge in [0.05, 0.1) is 23.4 Å². The standard InChI is InChI=1S/C17H27BrO4/c1-15(2)11(18)7-9-16(3)13(20-15)8-10-17(4)12(21-16)5-6-14(19)22-17/h11-13H,5-10H2,1-4H3/t11?,12-,13+,16-,17+/m0/s1. The van der Waals surface area contributed by atoms with Crippen LogP contribution in [0.15, 0.2) is 0 Å². The van der Waals surface area contributed by atoms with Crippen LogP contribution in [0.4, 0.5) is 0 Å². The van der Waals surface area contributed by atoms with Gasteiger partial charge >= 0.3 is 5.97 Å². The molecule has 0 aromatic heterocycles. The Morgan fingerprint density at radius 3 is 2.32 bits per heavy atom. The predicted molar refractivity (Wildman–Crippen MR) is 87.1 cm³/mol. The number of carbonyl (C=O) groups is 1. The minimum Gasteiger partial charge on any atom is -0.457 e. The molecule has 126 valence electrons. The average Bonchev–Trinajstić information content (AvgIpc) is 2.57. The van der Waals surface area contributed by atoms with E-state index in [1.807, 2.05) is 6.92 Å². The molecule has 0 aliphatic carbocycles. The van der Waals surface area contributed by atoms with Crippen LogP contribution in [0.25, 0.3) is 0 Å². The fraction of sp³-hybridized carbons (Fsp3) is 0.941. The van der Waals surface area contributed by atoms with Crippen LogP contribution in [0.2, 0.25) is 0 Å². The number of rotatable bonds is 0. The number of fused-ring (bicyclic) bond motifs is 2. The average molecular weight is 375 g/mol. The number of alkyl halides is 1. The first-order chi connectivity index (χ1) is 10.1. The normalized spacial score (nSPS) is 48.4. The van der Waals surface area contributed by atoms with Crippen molar-refractivity contribution in [2.75, 3.05) is 0 Å². The molecule has 5 atom stereocenters. The second-order valence-corrected chi connectivity index (χ2v) is 9.10. The van der Waals surface area contributed by atoms with E-state index in [0.29, 0.717) is 11.2 Å². The molecule has 0 spiro atoms. The van der Waals surface area contributed by atoms with Gasteiger partial charge in [-0.05, 0) is 59.8 Å². The van der Waals surface area contributed by atoms with E-state index in [4.69, 9.17) is 14.2 Å². The number of hydrogen-bond acceptors (Lipinski definition) is 4. The molecule has 3 saturated heterocycles. The molecular weight excluding hydrogens is 348 g/mol. The lowest BCUT2D eigenvalue weighted by atomic mass is 9.87. The SMILES string of the molecule is CC1(C)O[C@@H]2CC[C@@]3(C)OC(=O)CC[C@@H]3O[C@@]2(C)CCC1Br. The Morgan fingerprint density at radius 1 is 0.955 bits per heavy atom. The Balaban J connectivity index is 1.88. The summed E-state index contributed by atoms with van der Waals surface area (Å²) < 4.78 is 18.7. The zero-order valence-corrected chi connectivity index (χ0v) is 15.6. The van der Waals surface area contributed by atoms with E-state index in [1.165, 1.54) is 0 Å². The highest BCUT2D eigenvalue weighted by molar-refractivity contribution is 9.09. The maximum absolute atomic E-state index is 11.7. The molecule has 0 radical (unpaired) electrons. The molecule has 3 heterocycles. The van der Waals surface area contributed by atoms with Crippen LogP contribution >= 0.6 is 15.9 Å². The van der Waals surface area contributed by atoms with Crippen molar-refractivity contribution in [2.24, 2.45) is 0 Å². The molecule has 0 aromatic carbocycles. The molecule has 22 heavy (non-hydrogen) atoms. The quantitative estimate of drug-likeness (QED) is 0.478. The van der Waals surface area contributed by atoms with Crippen molar-refractivity contribution in [3.05, 3.63) is 0 Å². The maximum Gasteiger partial charge on any atom is 0.306 e. The third-order valence-electron chi connectivity index (χ3n) is 5.73. The molecule has 5 heteroatoms. The minimum atomic E-state index is -0.508. The third-order valence-corrected chi connectivity index (χ3v) is 7.29. The highest BCUT2D eigenvalue weighted by Crippen LogP contribution is 2.47. The van der Waals surface area contributed by atoms with Gasteiger partial charge in [-0.3, -0.25) is 4.79 Å². The molecule has 3 aliphatic heterocycles. The number of halogens is 1. The molecule has 0 N–H and O–H groups in total. The smallest absolute Gasteiger partial charge is 0.306 e. The van der Waals surface area contributed by atoms with Crippen molar-refractivity contribution < 1.29 is 19.0 Å². The van der Waals surface area contributed by atoms with E-state index in [9.17, 15) is 4.79 Å². The number of ether oxygens (including phenoxy) is 3. The lowest BCUT2D eigenvalue weighted by molar-refractivity contribution is -0.221. The van der Waals surface area contributed by atoms with Gasteiger partial charge in [0.25, 0.3) is 0 Å². The van der Waals surface area contributed by atoms with Gasteiger partial charge in [-0.25, -0.2) is 0 Å². The molecular formula is C17H27BrO4. The van der Waals surface area contributed by atoms with Crippen molar-refractivity contribution >= 4 is 21.9 Å². The molecule has 0 aromatic rings. The summed E-state index contributed by atoms with van der Waals surface area (Å²) in [6.45, 7) is 8.46. The second kappa shape index (κ2) is 5.45. The van der Waals surface area contributed by atoms with Crippen LogP contribution in [0.1, 0.15) is 66.2 Å². The number of hydrogen-bond donors (Lipinski definition) is 0. The molecule has 0 saturated carbocycles. The third kappa shape index (κ3) is 2.84. The van der Waals surface area contributed by atoms with Gasteiger partial charge in [0.1, 0.15) is 5.60 Å². The summed E-state index contributed by atoms with van der Waals surface area (Å²) in [5.41, 5.74) is -1.04. The van der Waals surface area contributed by atoms with Crippen LogP contribution < -0.4 is 0 Å². The van der Waals surface area contributed by atoms with Crippen LogP contribution in [-0.4, -0.2) is 39.8 Å². The van der Waals surface area contributed by atoms with Crippen molar-refractivity contribution in [2.45, 2.75) is 100 Å². The van der Waals surface area contributed by atoms with Crippen molar-refractivity contribution in [1.29, 1.82) is 0 Å². The zero-order chi connectivity index (χ0) is 16.2. The highest BCUT2D eigenvalue weighted by atomic mass is 79.9. The Kier molecular flexibility index (Phi) is 4.14. The van der Waals surface area contributed by atoms with Crippen LogP contribution in [0, 0.1) is 0 Å². The van der Waals surface area contributed by atoms with E-state index in [0.717, 1.165) is 32.1 Å². The summed E-state index contributed by atoms with van der Waals surface area (Å²) >= 11 is 3.77. The van der Waals surface area contributed by atoms with Gasteiger partial charge < -0.3 is 14.2 Å². The zero-order valence-electron chi connectivity index (χ0n) is 14.0. The van der Waals surface area contributed by atoms with Crippen LogP contribution in [-0.2, 0) is 19.0 Å². The second-order valence-electron chi connectivity index (χ2n) is 8.00. The number of carbonyl (C=O) groups excluding carboxylic acids is 1. The van der Waals surface area contributed by atoms with Gasteiger partial charge in [-0.1, -0.05) is 15.9 Å². The summed E-state index contributed by atoms with van der Waals surface area (Å²) in [6, 6.07) is 0. The maximum atomic E-state index is 11.7. The summed E-state index contributed by atoms with van der Waals surface area (Å²) in [5, 5.41) is 0. The Bertz CT molecular complexity index is 466. The van der Waals surface area contributed by atoms with Gasteiger partial charge in [-0.15, -0.1) is 0 Å². The highest BCUT2D eigenvalue weighted by Gasteiger charge is 2.54. The van der Waals surface area contributed by atoms with E-state index in [-0.39, 0.29) is 29.4 Å². The predicted octanol–water partition coefficient (Wildman–Crippen LogP) is 3.74. The largest absolute Gasteiger partial charge is 0.457 e. The first-order valence-electron chi connectivity index (χ1n) is 8.36. The molecule has 1 unspecified atom stereocenters. The summed E-state index contributed by atoms with van der Waals surface area (Å²) in [5.74, 6) is -0.101. The van der Waals surface area contributed by atoms with Crippen molar-refractivity contribution in [1.82, 2.24) is 0 Å². The Hall–Kier alpha value is -0.130. The summed E-state index contributed by atoms with van der Waals surface area (Å²) in [4.78, 5) is 12.0. The Labute approximate surface area is 141 Å². The fourth-order valence-corrected chi connectivity index (χ4v) is 4.39. The fourth-order valence-electron chi connectivity index (χ4n) is 4.06. The van der Waals surface area contributed by atoms with E-state index >= 15 is 0 Å².